The van der Waals surface area contributed by atoms with Gasteiger partial charge in [-0.2, -0.15) is 10.2 Å². The molecule has 5 heterocycles. The Hall–Kier alpha value is -3.69. The summed E-state index contributed by atoms with van der Waals surface area (Å²) in [4.78, 5) is 20.0. The second-order valence-electron chi connectivity index (χ2n) is 8.95. The molecule has 6 rings (SSSR count). The van der Waals surface area contributed by atoms with E-state index in [1.807, 2.05) is 11.0 Å². The Morgan fingerprint density at radius 3 is 2.59 bits per heavy atom. The lowest BCUT2D eigenvalue weighted by molar-refractivity contribution is 0.0387. The molecular formula is C24H21F3N6O. The van der Waals surface area contributed by atoms with Gasteiger partial charge in [0.05, 0.1) is 22.8 Å². The summed E-state index contributed by atoms with van der Waals surface area (Å²) in [5.41, 5.74) is 3.32. The van der Waals surface area contributed by atoms with Gasteiger partial charge in [0.15, 0.2) is 28.8 Å². The topological polar surface area (TPSA) is 68.8 Å². The summed E-state index contributed by atoms with van der Waals surface area (Å²) >= 11 is 0. The molecule has 0 spiro atoms. The molecule has 174 valence electrons. The SMILES string of the molecule is Cn1nc2c(c1-c1cc(F)c(F)c(F)c1)C[C@H]1CCC[C@H]2N1C(=O)c1nn(C)c2ncccc12. The van der Waals surface area contributed by atoms with E-state index < -0.39 is 17.5 Å². The van der Waals surface area contributed by atoms with Crippen molar-refractivity contribution in [3.05, 3.63) is 64.9 Å². The minimum Gasteiger partial charge on any atom is -0.325 e. The Morgan fingerprint density at radius 2 is 1.82 bits per heavy atom. The number of fused-ring (bicyclic) bond motifs is 5. The Morgan fingerprint density at radius 1 is 1.06 bits per heavy atom. The first-order valence-electron chi connectivity index (χ1n) is 11.2. The molecule has 2 aliphatic rings. The van der Waals surface area contributed by atoms with Gasteiger partial charge in [0, 0.05) is 37.5 Å². The van der Waals surface area contributed by atoms with Crippen LogP contribution in [0, 0.1) is 17.5 Å². The number of pyridine rings is 1. The number of halogens is 3. The molecule has 2 aliphatic heterocycles. The van der Waals surface area contributed by atoms with Crippen molar-refractivity contribution in [2.24, 2.45) is 14.1 Å². The maximum absolute atomic E-state index is 14.0. The van der Waals surface area contributed by atoms with Gasteiger partial charge in [0.1, 0.15) is 0 Å². The number of rotatable bonds is 2. The van der Waals surface area contributed by atoms with Gasteiger partial charge in [0.2, 0.25) is 0 Å². The lowest BCUT2D eigenvalue weighted by Crippen LogP contribution is -2.50. The van der Waals surface area contributed by atoms with Crippen LogP contribution in [0.3, 0.4) is 0 Å². The molecule has 0 N–H and O–H groups in total. The largest absolute Gasteiger partial charge is 0.325 e. The van der Waals surface area contributed by atoms with Crippen LogP contribution >= 0.6 is 0 Å². The Balaban J connectivity index is 1.46. The van der Waals surface area contributed by atoms with E-state index in [2.05, 4.69) is 15.2 Å². The summed E-state index contributed by atoms with van der Waals surface area (Å²) in [6.07, 6.45) is 4.61. The zero-order valence-corrected chi connectivity index (χ0v) is 18.6. The number of amides is 1. The van der Waals surface area contributed by atoms with Gasteiger partial charge in [-0.25, -0.2) is 22.8 Å². The molecule has 3 aromatic heterocycles. The van der Waals surface area contributed by atoms with Gasteiger partial charge in [-0.05, 0) is 49.9 Å². The lowest BCUT2D eigenvalue weighted by atomic mass is 9.81. The van der Waals surface area contributed by atoms with Crippen LogP contribution in [0.1, 0.15) is 47.1 Å². The Kier molecular flexibility index (Phi) is 4.55. The van der Waals surface area contributed by atoms with Gasteiger partial charge in [-0.15, -0.1) is 0 Å². The molecule has 2 bridgehead atoms. The first kappa shape index (κ1) is 20.9. The highest BCUT2D eigenvalue weighted by Crippen LogP contribution is 2.45. The first-order valence-corrected chi connectivity index (χ1v) is 11.2. The fraction of sp³-hybridized carbons (Fsp3) is 0.333. The second-order valence-corrected chi connectivity index (χ2v) is 8.95. The number of carbonyl (C=O) groups excluding carboxylic acids is 1. The van der Waals surface area contributed by atoms with Crippen LogP contribution in [-0.2, 0) is 20.5 Å². The van der Waals surface area contributed by atoms with Gasteiger partial charge >= 0.3 is 0 Å². The van der Waals surface area contributed by atoms with E-state index in [0.29, 0.717) is 34.5 Å². The minimum atomic E-state index is -1.49. The van der Waals surface area contributed by atoms with Crippen molar-refractivity contribution < 1.29 is 18.0 Å². The first-order chi connectivity index (χ1) is 16.3. The van der Waals surface area contributed by atoms with Crippen LogP contribution in [0.2, 0.25) is 0 Å². The number of hydrogen-bond acceptors (Lipinski definition) is 4. The molecule has 2 atom stereocenters. The molecule has 1 aromatic carbocycles. The molecular weight excluding hydrogens is 445 g/mol. The highest BCUT2D eigenvalue weighted by Gasteiger charge is 2.44. The minimum absolute atomic E-state index is 0.106. The quantitative estimate of drug-likeness (QED) is 0.418. The van der Waals surface area contributed by atoms with E-state index in [4.69, 9.17) is 0 Å². The molecule has 0 saturated carbocycles. The van der Waals surface area contributed by atoms with E-state index in [-0.39, 0.29) is 23.6 Å². The normalized spacial score (nSPS) is 19.5. The van der Waals surface area contributed by atoms with E-state index in [9.17, 15) is 18.0 Å². The smallest absolute Gasteiger partial charge is 0.275 e. The Bertz CT molecular complexity index is 1450. The molecule has 1 fully saturated rings. The van der Waals surface area contributed by atoms with Gasteiger partial charge < -0.3 is 4.90 Å². The summed E-state index contributed by atoms with van der Waals surface area (Å²) < 4.78 is 44.7. The van der Waals surface area contributed by atoms with Gasteiger partial charge in [0.25, 0.3) is 5.91 Å². The third kappa shape index (κ3) is 2.90. The Labute approximate surface area is 192 Å². The molecule has 1 amide bonds. The third-order valence-corrected chi connectivity index (χ3v) is 6.97. The van der Waals surface area contributed by atoms with Gasteiger partial charge in [-0.1, -0.05) is 0 Å². The third-order valence-electron chi connectivity index (χ3n) is 6.97. The van der Waals surface area contributed by atoms with E-state index >= 15 is 0 Å². The van der Waals surface area contributed by atoms with Crippen molar-refractivity contribution >= 4 is 16.9 Å². The zero-order chi connectivity index (χ0) is 23.7. The number of piperidine rings is 1. The number of hydrogen-bond donors (Lipinski definition) is 0. The second kappa shape index (κ2) is 7.41. The van der Waals surface area contributed by atoms with Crippen LogP contribution in [-0.4, -0.2) is 41.4 Å². The maximum Gasteiger partial charge on any atom is 0.275 e. The highest BCUT2D eigenvalue weighted by molar-refractivity contribution is 6.04. The van der Waals surface area contributed by atoms with E-state index in [1.54, 1.807) is 35.7 Å². The van der Waals surface area contributed by atoms with Crippen molar-refractivity contribution in [2.75, 3.05) is 0 Å². The number of benzene rings is 1. The fourth-order valence-corrected chi connectivity index (χ4v) is 5.57. The number of aromatic nitrogens is 5. The number of aryl methyl sites for hydroxylation is 2. The lowest BCUT2D eigenvalue weighted by Gasteiger charge is -2.45. The molecule has 1 saturated heterocycles. The van der Waals surface area contributed by atoms with Crippen LogP contribution < -0.4 is 0 Å². The summed E-state index contributed by atoms with van der Waals surface area (Å²) in [5.74, 6) is -4.16. The van der Waals surface area contributed by atoms with Crippen LogP contribution in [0.5, 0.6) is 0 Å². The van der Waals surface area contributed by atoms with Crippen molar-refractivity contribution in [3.63, 3.8) is 0 Å². The predicted molar refractivity (Wildman–Crippen MR) is 117 cm³/mol. The average molecular weight is 466 g/mol. The molecule has 34 heavy (non-hydrogen) atoms. The molecule has 0 aliphatic carbocycles. The van der Waals surface area contributed by atoms with Crippen molar-refractivity contribution in [3.8, 4) is 11.3 Å². The summed E-state index contributed by atoms with van der Waals surface area (Å²) in [5, 5.41) is 9.83. The summed E-state index contributed by atoms with van der Waals surface area (Å²) in [6.45, 7) is 0. The highest BCUT2D eigenvalue weighted by atomic mass is 19.2. The zero-order valence-electron chi connectivity index (χ0n) is 18.6. The van der Waals surface area contributed by atoms with Crippen LogP contribution in [0.15, 0.2) is 30.5 Å². The molecule has 0 radical (unpaired) electrons. The number of carbonyl (C=O) groups is 1. The van der Waals surface area contributed by atoms with Crippen molar-refractivity contribution in [2.45, 2.75) is 37.8 Å². The monoisotopic (exact) mass is 466 g/mol. The van der Waals surface area contributed by atoms with Crippen LogP contribution in [0.25, 0.3) is 22.3 Å². The number of nitrogens with zero attached hydrogens (tertiary/aromatic N) is 6. The predicted octanol–water partition coefficient (Wildman–Crippen LogP) is 4.08. The molecule has 4 aromatic rings. The molecule has 7 nitrogen and oxygen atoms in total. The molecule has 10 heteroatoms. The standard InChI is InChI=1S/C24H21F3N6O/c1-31-22(12-9-16(25)19(27)17(26)10-12)15-11-13-5-3-7-18(20(15)29-31)33(13)24(34)21-14-6-4-8-28-23(14)32(2)30-21/h4,6,8-10,13,18H,3,5,7,11H2,1-2H3/t13-,18-/m1/s1. The fourth-order valence-electron chi connectivity index (χ4n) is 5.57. The van der Waals surface area contributed by atoms with Crippen molar-refractivity contribution in [1.29, 1.82) is 0 Å². The summed E-state index contributed by atoms with van der Waals surface area (Å²) in [7, 11) is 3.45. The molecule has 0 unspecified atom stereocenters. The summed E-state index contributed by atoms with van der Waals surface area (Å²) in [6, 6.07) is 5.22. The van der Waals surface area contributed by atoms with E-state index in [0.717, 1.165) is 37.0 Å². The average Bonchev–Trinajstić information content (AvgIpc) is 3.33. The van der Waals surface area contributed by atoms with Crippen LogP contribution in [0.4, 0.5) is 13.2 Å². The van der Waals surface area contributed by atoms with E-state index in [1.165, 1.54) is 0 Å². The van der Waals surface area contributed by atoms with Gasteiger partial charge in [-0.3, -0.25) is 9.48 Å². The van der Waals surface area contributed by atoms with Crippen molar-refractivity contribution in [1.82, 2.24) is 29.4 Å². The maximum atomic E-state index is 14.0.